The van der Waals surface area contributed by atoms with E-state index in [1.807, 2.05) is 18.2 Å². The van der Waals surface area contributed by atoms with Gasteiger partial charge in [0, 0.05) is 19.8 Å². The molecule has 0 aromatic heterocycles. The first-order valence-electron chi connectivity index (χ1n) is 5.58. The van der Waals surface area contributed by atoms with Gasteiger partial charge in [-0.3, -0.25) is 0 Å². The van der Waals surface area contributed by atoms with E-state index in [4.69, 9.17) is 15.2 Å². The molecule has 1 aromatic carbocycles. The zero-order valence-electron chi connectivity index (χ0n) is 10.3. The number of benzene rings is 1. The van der Waals surface area contributed by atoms with E-state index in [1.165, 1.54) is 11.1 Å². The number of nitrogens with two attached hydrogens (primary N) is 1. The molecule has 1 aromatic rings. The molecular weight excluding hydrogens is 202 g/mol. The van der Waals surface area contributed by atoms with E-state index in [0.717, 1.165) is 25.2 Å². The minimum Gasteiger partial charge on any atom is -0.497 e. The van der Waals surface area contributed by atoms with Crippen molar-refractivity contribution in [1.82, 2.24) is 0 Å². The van der Waals surface area contributed by atoms with Crippen LogP contribution in [0.2, 0.25) is 0 Å². The van der Waals surface area contributed by atoms with Crippen molar-refractivity contribution < 1.29 is 9.47 Å². The average molecular weight is 223 g/mol. The van der Waals surface area contributed by atoms with Crippen LogP contribution in [0.4, 0.5) is 0 Å². The summed E-state index contributed by atoms with van der Waals surface area (Å²) in [5.74, 6) is 0.880. The zero-order valence-corrected chi connectivity index (χ0v) is 10.3. The fourth-order valence-electron chi connectivity index (χ4n) is 1.79. The summed E-state index contributed by atoms with van der Waals surface area (Å²) in [4.78, 5) is 0. The Balaban J connectivity index is 2.64. The van der Waals surface area contributed by atoms with Crippen molar-refractivity contribution >= 4 is 0 Å². The van der Waals surface area contributed by atoms with Crippen LogP contribution in [-0.2, 0) is 4.74 Å². The topological polar surface area (TPSA) is 44.5 Å². The predicted octanol–water partition coefficient (Wildman–Crippen LogP) is 2.43. The summed E-state index contributed by atoms with van der Waals surface area (Å²) in [5.41, 5.74) is 8.51. The van der Waals surface area contributed by atoms with Crippen LogP contribution in [0.5, 0.6) is 5.75 Å². The number of rotatable bonds is 6. The number of aryl methyl sites for hydroxylation is 1. The Morgan fingerprint density at radius 3 is 2.62 bits per heavy atom. The van der Waals surface area contributed by atoms with E-state index in [9.17, 15) is 0 Å². The van der Waals surface area contributed by atoms with Crippen molar-refractivity contribution in [1.29, 1.82) is 0 Å². The van der Waals surface area contributed by atoms with Crippen LogP contribution in [-0.4, -0.2) is 20.8 Å². The van der Waals surface area contributed by atoms with Gasteiger partial charge in [0.1, 0.15) is 5.75 Å². The number of hydrogen-bond donors (Lipinski definition) is 1. The van der Waals surface area contributed by atoms with Crippen LogP contribution < -0.4 is 10.5 Å². The molecule has 0 saturated heterocycles. The first-order chi connectivity index (χ1) is 7.69. The van der Waals surface area contributed by atoms with Crippen LogP contribution in [0.15, 0.2) is 18.2 Å². The molecule has 3 nitrogen and oxygen atoms in total. The highest BCUT2D eigenvalue weighted by atomic mass is 16.5. The molecule has 0 aliphatic carbocycles. The van der Waals surface area contributed by atoms with Gasteiger partial charge in [0.25, 0.3) is 0 Å². The van der Waals surface area contributed by atoms with Crippen LogP contribution in [0.1, 0.15) is 30.0 Å². The maximum atomic E-state index is 6.13. The Hall–Kier alpha value is -1.06. The van der Waals surface area contributed by atoms with E-state index in [0.29, 0.717) is 0 Å². The van der Waals surface area contributed by atoms with Crippen LogP contribution in [0.25, 0.3) is 0 Å². The third-order valence-electron chi connectivity index (χ3n) is 2.74. The van der Waals surface area contributed by atoms with Gasteiger partial charge in [0.2, 0.25) is 0 Å². The number of hydrogen-bond acceptors (Lipinski definition) is 3. The summed E-state index contributed by atoms with van der Waals surface area (Å²) < 4.78 is 10.2. The Morgan fingerprint density at radius 2 is 2.06 bits per heavy atom. The summed E-state index contributed by atoms with van der Waals surface area (Å²) in [6.45, 7) is 2.83. The second kappa shape index (κ2) is 6.51. The van der Waals surface area contributed by atoms with Gasteiger partial charge in [-0.25, -0.2) is 0 Å². The normalized spacial score (nSPS) is 12.5. The maximum Gasteiger partial charge on any atom is 0.119 e. The average Bonchev–Trinajstić information content (AvgIpc) is 2.29. The Morgan fingerprint density at radius 1 is 1.31 bits per heavy atom. The summed E-state index contributed by atoms with van der Waals surface area (Å²) in [7, 11) is 3.39. The highest BCUT2D eigenvalue weighted by Crippen LogP contribution is 2.23. The molecule has 0 bridgehead atoms. The predicted molar refractivity (Wildman–Crippen MR) is 65.8 cm³/mol. The number of ether oxygens (including phenoxy) is 2. The molecule has 2 N–H and O–H groups in total. The lowest BCUT2D eigenvalue weighted by Crippen LogP contribution is -2.12. The van der Waals surface area contributed by atoms with Crippen molar-refractivity contribution in [3.8, 4) is 5.75 Å². The van der Waals surface area contributed by atoms with Gasteiger partial charge in [-0.1, -0.05) is 6.07 Å². The third-order valence-corrected chi connectivity index (χ3v) is 2.74. The molecule has 1 rings (SSSR count). The highest BCUT2D eigenvalue weighted by Gasteiger charge is 2.09. The van der Waals surface area contributed by atoms with E-state index < -0.39 is 0 Å². The summed E-state index contributed by atoms with van der Waals surface area (Å²) in [6.07, 6.45) is 1.93. The monoisotopic (exact) mass is 223 g/mol. The lowest BCUT2D eigenvalue weighted by atomic mass is 9.98. The van der Waals surface area contributed by atoms with E-state index >= 15 is 0 Å². The molecular formula is C13H21NO2. The molecule has 0 aliphatic heterocycles. The van der Waals surface area contributed by atoms with Crippen molar-refractivity contribution in [2.75, 3.05) is 20.8 Å². The van der Waals surface area contributed by atoms with E-state index in [1.54, 1.807) is 14.2 Å². The van der Waals surface area contributed by atoms with Crippen LogP contribution >= 0.6 is 0 Å². The Labute approximate surface area is 97.6 Å². The maximum absolute atomic E-state index is 6.13. The minimum atomic E-state index is 0.0843. The largest absolute Gasteiger partial charge is 0.497 e. The molecule has 0 aliphatic rings. The molecule has 0 radical (unpaired) electrons. The van der Waals surface area contributed by atoms with Crippen LogP contribution in [0.3, 0.4) is 0 Å². The second-order valence-electron chi connectivity index (χ2n) is 3.96. The third kappa shape index (κ3) is 3.51. The first-order valence-corrected chi connectivity index (χ1v) is 5.58. The van der Waals surface area contributed by atoms with E-state index in [2.05, 4.69) is 6.92 Å². The van der Waals surface area contributed by atoms with Crippen LogP contribution in [0, 0.1) is 6.92 Å². The molecule has 1 atom stereocenters. The SMILES string of the molecule is COCCCC(N)c1ccc(OC)cc1C. The van der Waals surface area contributed by atoms with Crippen molar-refractivity contribution in [2.45, 2.75) is 25.8 Å². The molecule has 0 fully saturated rings. The first kappa shape index (κ1) is 13.0. The summed E-state index contributed by atoms with van der Waals surface area (Å²) in [6, 6.07) is 6.11. The fraction of sp³-hybridized carbons (Fsp3) is 0.538. The molecule has 16 heavy (non-hydrogen) atoms. The van der Waals surface area contributed by atoms with Gasteiger partial charge in [0.05, 0.1) is 7.11 Å². The molecule has 90 valence electrons. The van der Waals surface area contributed by atoms with Gasteiger partial charge in [-0.2, -0.15) is 0 Å². The smallest absolute Gasteiger partial charge is 0.119 e. The molecule has 0 spiro atoms. The lowest BCUT2D eigenvalue weighted by Gasteiger charge is -2.15. The van der Waals surface area contributed by atoms with Gasteiger partial charge in [-0.05, 0) is 43.0 Å². The second-order valence-corrected chi connectivity index (χ2v) is 3.96. The van der Waals surface area contributed by atoms with Gasteiger partial charge < -0.3 is 15.2 Å². The van der Waals surface area contributed by atoms with E-state index in [-0.39, 0.29) is 6.04 Å². The summed E-state index contributed by atoms with van der Waals surface area (Å²) in [5, 5.41) is 0. The van der Waals surface area contributed by atoms with Gasteiger partial charge in [0.15, 0.2) is 0 Å². The Bertz CT molecular complexity index is 326. The molecule has 0 amide bonds. The molecule has 0 heterocycles. The molecule has 0 saturated carbocycles. The van der Waals surface area contributed by atoms with Crippen molar-refractivity contribution in [3.63, 3.8) is 0 Å². The zero-order chi connectivity index (χ0) is 12.0. The molecule has 3 heteroatoms. The van der Waals surface area contributed by atoms with Gasteiger partial charge >= 0.3 is 0 Å². The summed E-state index contributed by atoms with van der Waals surface area (Å²) >= 11 is 0. The Kier molecular flexibility index (Phi) is 5.29. The molecule has 1 unspecified atom stereocenters. The highest BCUT2D eigenvalue weighted by molar-refractivity contribution is 5.36. The minimum absolute atomic E-state index is 0.0843. The lowest BCUT2D eigenvalue weighted by molar-refractivity contribution is 0.190. The number of methoxy groups -OCH3 is 2. The van der Waals surface area contributed by atoms with Crippen molar-refractivity contribution in [2.24, 2.45) is 5.73 Å². The fourth-order valence-corrected chi connectivity index (χ4v) is 1.79. The quantitative estimate of drug-likeness (QED) is 0.753. The van der Waals surface area contributed by atoms with Gasteiger partial charge in [-0.15, -0.1) is 0 Å². The van der Waals surface area contributed by atoms with Crippen molar-refractivity contribution in [3.05, 3.63) is 29.3 Å². The standard InChI is InChI=1S/C13H21NO2/c1-10-9-11(16-3)6-7-12(10)13(14)5-4-8-15-2/h6-7,9,13H,4-5,8,14H2,1-3H3.